The van der Waals surface area contributed by atoms with Crippen molar-refractivity contribution in [3.8, 4) is 0 Å². The molecule has 0 aliphatic carbocycles. The van der Waals surface area contributed by atoms with Crippen molar-refractivity contribution in [2.75, 3.05) is 21.1 Å². The zero-order valence-electron chi connectivity index (χ0n) is 11.4. The average Bonchev–Trinajstić information content (AvgIpc) is 2.40. The molecule has 0 amide bonds. The molecule has 0 aliphatic heterocycles. The molecule has 0 aliphatic rings. The third-order valence-electron chi connectivity index (χ3n) is 2.40. The minimum Gasteiger partial charge on any atom is -0.543 e. The quantitative estimate of drug-likeness (QED) is 0.764. The van der Waals surface area contributed by atoms with Crippen LogP contribution < -0.4 is 9.59 Å². The molecule has 0 saturated carbocycles. The number of para-hydroxylation sites is 1. The van der Waals surface area contributed by atoms with Crippen molar-refractivity contribution >= 4 is 11.7 Å². The molecule has 4 nitrogen and oxygen atoms in total. The standard InChI is InChI=1S/C9H14N.C6H5NO2/c1-10(2,3)9-7-5-4-6-8-9;8-6(9)5-3-1-2-4-7-5/h4-8H,1-3H3;1-4H,(H,8,9)/q+1;/p-1. The van der Waals surface area contributed by atoms with E-state index in [4.69, 9.17) is 0 Å². The van der Waals surface area contributed by atoms with Gasteiger partial charge in [0, 0.05) is 6.20 Å². The number of pyridine rings is 1. The van der Waals surface area contributed by atoms with Crippen molar-refractivity contribution in [2.24, 2.45) is 0 Å². The van der Waals surface area contributed by atoms with Gasteiger partial charge >= 0.3 is 0 Å². The number of aromatic nitrogens is 1. The van der Waals surface area contributed by atoms with Crippen molar-refractivity contribution in [1.29, 1.82) is 0 Å². The fourth-order valence-electron chi connectivity index (χ4n) is 1.36. The minimum absolute atomic E-state index is 0.0301. The smallest absolute Gasteiger partial charge is 0.132 e. The summed E-state index contributed by atoms with van der Waals surface area (Å²) in [5.74, 6) is -1.24. The first-order valence-corrected chi connectivity index (χ1v) is 5.90. The molecule has 1 aromatic heterocycles. The molecule has 0 atom stereocenters. The molecule has 0 radical (unpaired) electrons. The average molecular weight is 258 g/mol. The van der Waals surface area contributed by atoms with Crippen molar-refractivity contribution in [3.63, 3.8) is 0 Å². The lowest BCUT2D eigenvalue weighted by Crippen LogP contribution is -2.34. The van der Waals surface area contributed by atoms with Gasteiger partial charge in [-0.05, 0) is 24.3 Å². The van der Waals surface area contributed by atoms with Crippen LogP contribution in [0.1, 0.15) is 10.5 Å². The van der Waals surface area contributed by atoms with Gasteiger partial charge in [0.15, 0.2) is 0 Å². The molecule has 1 heterocycles. The number of aromatic carboxylic acids is 1. The van der Waals surface area contributed by atoms with Gasteiger partial charge in [-0.2, -0.15) is 0 Å². The summed E-state index contributed by atoms with van der Waals surface area (Å²) in [5.41, 5.74) is 1.31. The second-order valence-electron chi connectivity index (χ2n) is 4.85. The highest BCUT2D eigenvalue weighted by atomic mass is 16.4. The predicted molar refractivity (Wildman–Crippen MR) is 74.6 cm³/mol. The predicted octanol–water partition coefficient (Wildman–Crippen LogP) is 1.33. The molecule has 1 aromatic carbocycles. The van der Waals surface area contributed by atoms with E-state index in [1.807, 2.05) is 6.07 Å². The Bertz CT molecular complexity index is 505. The Hall–Kier alpha value is -2.20. The summed E-state index contributed by atoms with van der Waals surface area (Å²) in [5, 5.41) is 10.0. The van der Waals surface area contributed by atoms with E-state index in [-0.39, 0.29) is 5.69 Å². The molecule has 2 rings (SSSR count). The third-order valence-corrected chi connectivity index (χ3v) is 2.40. The molecule has 0 saturated heterocycles. The highest BCUT2D eigenvalue weighted by molar-refractivity contribution is 5.83. The van der Waals surface area contributed by atoms with Crippen molar-refractivity contribution in [3.05, 3.63) is 60.4 Å². The maximum absolute atomic E-state index is 10.0. The first kappa shape index (κ1) is 14.9. The molecule has 4 heteroatoms. The van der Waals surface area contributed by atoms with Crippen LogP contribution in [0.3, 0.4) is 0 Å². The fraction of sp³-hybridized carbons (Fsp3) is 0.200. The molecule has 0 fully saturated rings. The van der Waals surface area contributed by atoms with Crippen LogP contribution in [0, 0.1) is 0 Å². The number of carboxylic acid groups (broad SMARTS) is 1. The number of hydrogen-bond donors (Lipinski definition) is 0. The highest BCUT2D eigenvalue weighted by Gasteiger charge is 2.08. The lowest BCUT2D eigenvalue weighted by Gasteiger charge is -2.22. The first-order chi connectivity index (χ1) is 8.91. The van der Waals surface area contributed by atoms with Crippen LogP contribution in [-0.2, 0) is 0 Å². The summed E-state index contributed by atoms with van der Waals surface area (Å²) in [6, 6.07) is 15.1. The van der Waals surface area contributed by atoms with Crippen molar-refractivity contribution in [1.82, 2.24) is 9.47 Å². The van der Waals surface area contributed by atoms with Crippen molar-refractivity contribution < 1.29 is 9.90 Å². The van der Waals surface area contributed by atoms with Crippen LogP contribution in [0.15, 0.2) is 54.7 Å². The van der Waals surface area contributed by atoms with E-state index in [1.165, 1.54) is 18.0 Å². The molecule has 0 unspecified atom stereocenters. The summed E-state index contributed by atoms with van der Waals surface area (Å²) >= 11 is 0. The van der Waals surface area contributed by atoms with Crippen LogP contribution in [0.2, 0.25) is 0 Å². The van der Waals surface area contributed by atoms with E-state index in [2.05, 4.69) is 50.4 Å². The fourth-order valence-corrected chi connectivity index (χ4v) is 1.36. The van der Waals surface area contributed by atoms with E-state index in [1.54, 1.807) is 12.1 Å². The number of quaternary nitrogens is 1. The summed E-state index contributed by atoms with van der Waals surface area (Å²) in [6.07, 6.45) is 1.41. The summed E-state index contributed by atoms with van der Waals surface area (Å²) < 4.78 is 0.890. The SMILES string of the molecule is C[N+](C)(C)c1ccccc1.O=C([O-])c1ccccn1. The zero-order chi connectivity index (χ0) is 14.3. The number of hydrogen-bond acceptors (Lipinski definition) is 3. The van der Waals surface area contributed by atoms with Crippen LogP contribution in [0.25, 0.3) is 0 Å². The molecule has 2 aromatic rings. The first-order valence-electron chi connectivity index (χ1n) is 5.90. The molecule has 0 bridgehead atoms. The molecule has 0 N–H and O–H groups in total. The van der Waals surface area contributed by atoms with Gasteiger partial charge in [0.1, 0.15) is 5.69 Å². The second-order valence-corrected chi connectivity index (χ2v) is 4.85. The monoisotopic (exact) mass is 258 g/mol. The van der Waals surface area contributed by atoms with Gasteiger partial charge in [0.2, 0.25) is 0 Å². The lowest BCUT2D eigenvalue weighted by atomic mass is 10.3. The maximum Gasteiger partial charge on any atom is 0.132 e. The van der Waals surface area contributed by atoms with Gasteiger partial charge in [0.05, 0.1) is 32.8 Å². The van der Waals surface area contributed by atoms with Gasteiger partial charge < -0.3 is 9.90 Å². The number of benzene rings is 1. The Morgan fingerprint density at radius 1 is 1.00 bits per heavy atom. The lowest BCUT2D eigenvalue weighted by molar-refractivity contribution is -0.255. The minimum atomic E-state index is -1.24. The van der Waals surface area contributed by atoms with E-state index < -0.39 is 5.97 Å². The Kier molecular flexibility index (Phi) is 5.21. The number of rotatable bonds is 2. The molecular weight excluding hydrogens is 240 g/mol. The zero-order valence-corrected chi connectivity index (χ0v) is 11.4. The van der Waals surface area contributed by atoms with Gasteiger partial charge in [-0.3, -0.25) is 9.47 Å². The van der Waals surface area contributed by atoms with Gasteiger partial charge in [-0.1, -0.05) is 24.3 Å². The van der Waals surface area contributed by atoms with E-state index in [0.29, 0.717) is 0 Å². The molecule has 100 valence electrons. The van der Waals surface area contributed by atoms with Crippen LogP contribution >= 0.6 is 0 Å². The Labute approximate surface area is 113 Å². The number of carbonyl (C=O) groups excluding carboxylic acids is 1. The molecule has 0 spiro atoms. The Balaban J connectivity index is 0.000000191. The topological polar surface area (TPSA) is 53.0 Å². The van der Waals surface area contributed by atoms with Crippen LogP contribution in [-0.4, -0.2) is 32.1 Å². The molecular formula is C15H18N2O2. The largest absolute Gasteiger partial charge is 0.543 e. The van der Waals surface area contributed by atoms with E-state index in [0.717, 1.165) is 4.48 Å². The van der Waals surface area contributed by atoms with Gasteiger partial charge in [-0.25, -0.2) is 0 Å². The molecule has 19 heavy (non-hydrogen) atoms. The normalized spacial score (nSPS) is 10.3. The highest BCUT2D eigenvalue weighted by Crippen LogP contribution is 2.14. The summed E-state index contributed by atoms with van der Waals surface area (Å²) in [6.45, 7) is 0. The second kappa shape index (κ2) is 6.66. The Morgan fingerprint density at radius 3 is 1.89 bits per heavy atom. The maximum atomic E-state index is 10.0. The Morgan fingerprint density at radius 2 is 1.58 bits per heavy atom. The van der Waals surface area contributed by atoms with Gasteiger partial charge in [-0.15, -0.1) is 0 Å². The van der Waals surface area contributed by atoms with E-state index in [9.17, 15) is 9.90 Å². The number of carbonyl (C=O) groups is 1. The van der Waals surface area contributed by atoms with Gasteiger partial charge in [0.25, 0.3) is 0 Å². The summed E-state index contributed by atoms with van der Waals surface area (Å²) in [4.78, 5) is 13.5. The van der Waals surface area contributed by atoms with E-state index >= 15 is 0 Å². The van der Waals surface area contributed by atoms with Crippen LogP contribution in [0.4, 0.5) is 5.69 Å². The third kappa shape index (κ3) is 5.31. The summed E-state index contributed by atoms with van der Waals surface area (Å²) in [7, 11) is 6.49. The van der Waals surface area contributed by atoms with Crippen molar-refractivity contribution in [2.45, 2.75) is 0 Å². The number of carboxylic acids is 1. The van der Waals surface area contributed by atoms with Crippen LogP contribution in [0.5, 0.6) is 0 Å². The number of nitrogens with zero attached hydrogens (tertiary/aromatic N) is 2.